The van der Waals surface area contributed by atoms with Crippen LogP contribution < -0.4 is 4.74 Å². The number of amides is 2. The minimum absolute atomic E-state index is 0.00926. The summed E-state index contributed by atoms with van der Waals surface area (Å²) in [4.78, 5) is 43.8. The van der Waals surface area contributed by atoms with Crippen molar-refractivity contribution in [3.63, 3.8) is 0 Å². The number of piperazine rings is 1. The zero-order chi connectivity index (χ0) is 23.0. The molecule has 2 heterocycles. The number of halogens is 3. The summed E-state index contributed by atoms with van der Waals surface area (Å²) in [6.07, 6.45) is -3.45. The fraction of sp³-hybridized carbons (Fsp3) is 0.368. The van der Waals surface area contributed by atoms with Crippen LogP contribution in [0.3, 0.4) is 0 Å². The summed E-state index contributed by atoms with van der Waals surface area (Å²) in [6, 6.07) is 9.25. The number of aliphatic carboxylic acids is 1. The standard InChI is InChI=1S/C17H20N4O3.C2HF3O2/c1-13-11-18-16(19-13)17(23)21-9-7-20(8-10-21)15(22)12-24-14-5-3-2-4-6-14;3-2(4,5)1(6)7/h2-6,11H,7-10,12H2,1H3,(H,18,19);(H,6,7). The first-order chi connectivity index (χ1) is 14.6. The third kappa shape index (κ3) is 7.32. The van der Waals surface area contributed by atoms with Gasteiger partial charge in [0.05, 0.1) is 0 Å². The summed E-state index contributed by atoms with van der Waals surface area (Å²) >= 11 is 0. The van der Waals surface area contributed by atoms with Crippen LogP contribution >= 0.6 is 0 Å². The first-order valence-electron chi connectivity index (χ1n) is 9.14. The Morgan fingerprint density at radius 3 is 2.13 bits per heavy atom. The Morgan fingerprint density at radius 1 is 1.10 bits per heavy atom. The molecular formula is C19H21F3N4O5. The highest BCUT2D eigenvalue weighted by Crippen LogP contribution is 2.13. The van der Waals surface area contributed by atoms with Crippen LogP contribution in [-0.2, 0) is 9.59 Å². The normalized spacial score (nSPS) is 13.8. The summed E-state index contributed by atoms with van der Waals surface area (Å²) in [6.45, 7) is 3.86. The molecular weight excluding hydrogens is 421 g/mol. The number of aromatic amines is 1. The number of imidazole rings is 1. The number of nitrogens with zero attached hydrogens (tertiary/aromatic N) is 3. The Morgan fingerprint density at radius 2 is 1.65 bits per heavy atom. The maximum atomic E-state index is 12.3. The number of nitrogens with one attached hydrogen (secondary N) is 1. The number of hydrogen-bond donors (Lipinski definition) is 2. The van der Waals surface area contributed by atoms with Gasteiger partial charge in [-0.3, -0.25) is 9.59 Å². The van der Waals surface area contributed by atoms with Crippen molar-refractivity contribution in [3.8, 4) is 5.75 Å². The van der Waals surface area contributed by atoms with E-state index in [-0.39, 0.29) is 18.4 Å². The van der Waals surface area contributed by atoms with Crippen molar-refractivity contribution in [2.45, 2.75) is 13.1 Å². The molecule has 0 atom stereocenters. The van der Waals surface area contributed by atoms with Crippen molar-refractivity contribution in [3.05, 3.63) is 48.0 Å². The minimum Gasteiger partial charge on any atom is -0.484 e. The van der Waals surface area contributed by atoms with Gasteiger partial charge in [0.1, 0.15) is 5.75 Å². The number of carboxylic acid groups (broad SMARTS) is 1. The first-order valence-corrected chi connectivity index (χ1v) is 9.14. The fourth-order valence-corrected chi connectivity index (χ4v) is 2.58. The Bertz CT molecular complexity index is 893. The van der Waals surface area contributed by atoms with Gasteiger partial charge in [0, 0.05) is 38.1 Å². The molecule has 2 N–H and O–H groups in total. The lowest BCUT2D eigenvalue weighted by molar-refractivity contribution is -0.192. The zero-order valence-electron chi connectivity index (χ0n) is 16.6. The molecule has 1 aliphatic heterocycles. The van der Waals surface area contributed by atoms with E-state index < -0.39 is 12.1 Å². The maximum Gasteiger partial charge on any atom is 0.490 e. The molecule has 2 aromatic rings. The van der Waals surface area contributed by atoms with E-state index in [4.69, 9.17) is 14.6 Å². The van der Waals surface area contributed by atoms with E-state index in [0.29, 0.717) is 37.8 Å². The number of alkyl halides is 3. The maximum absolute atomic E-state index is 12.3. The quantitative estimate of drug-likeness (QED) is 0.745. The van der Waals surface area contributed by atoms with Crippen LogP contribution in [0.15, 0.2) is 36.5 Å². The van der Waals surface area contributed by atoms with Crippen molar-refractivity contribution in [2.24, 2.45) is 0 Å². The average Bonchev–Trinajstić information content (AvgIpc) is 3.18. The predicted octanol–water partition coefficient (Wildman–Crippen LogP) is 1.71. The number of rotatable bonds is 4. The van der Waals surface area contributed by atoms with E-state index in [1.54, 1.807) is 16.0 Å². The van der Waals surface area contributed by atoms with E-state index >= 15 is 0 Å². The van der Waals surface area contributed by atoms with Crippen LogP contribution in [0.25, 0.3) is 0 Å². The number of carboxylic acids is 1. The molecule has 0 aliphatic carbocycles. The highest BCUT2D eigenvalue weighted by atomic mass is 19.4. The van der Waals surface area contributed by atoms with Crippen molar-refractivity contribution < 1.29 is 37.4 Å². The Kier molecular flexibility index (Phi) is 8.00. The zero-order valence-corrected chi connectivity index (χ0v) is 16.6. The van der Waals surface area contributed by atoms with Gasteiger partial charge in [-0.25, -0.2) is 9.78 Å². The summed E-state index contributed by atoms with van der Waals surface area (Å²) in [5.74, 6) is -1.93. The number of aromatic nitrogens is 2. The highest BCUT2D eigenvalue weighted by Gasteiger charge is 2.38. The Balaban J connectivity index is 0.000000423. The lowest BCUT2D eigenvalue weighted by atomic mass is 10.3. The number of carbonyl (C=O) groups is 3. The van der Waals surface area contributed by atoms with Crippen molar-refractivity contribution in [1.29, 1.82) is 0 Å². The number of aryl methyl sites for hydroxylation is 1. The highest BCUT2D eigenvalue weighted by molar-refractivity contribution is 5.90. The summed E-state index contributed by atoms with van der Waals surface area (Å²) < 4.78 is 37.2. The molecule has 0 unspecified atom stereocenters. The van der Waals surface area contributed by atoms with E-state index in [2.05, 4.69) is 9.97 Å². The third-order valence-corrected chi connectivity index (χ3v) is 4.17. The van der Waals surface area contributed by atoms with Gasteiger partial charge in [-0.15, -0.1) is 0 Å². The summed E-state index contributed by atoms with van der Waals surface area (Å²) in [5, 5.41) is 7.12. The van der Waals surface area contributed by atoms with Crippen LogP contribution in [0.1, 0.15) is 16.3 Å². The molecule has 1 fully saturated rings. The third-order valence-electron chi connectivity index (χ3n) is 4.17. The molecule has 0 saturated carbocycles. The number of benzene rings is 1. The number of hydrogen-bond acceptors (Lipinski definition) is 5. The van der Waals surface area contributed by atoms with Crippen LogP contribution in [0.4, 0.5) is 13.2 Å². The molecule has 1 aliphatic rings. The second-order valence-corrected chi connectivity index (χ2v) is 6.49. The molecule has 3 rings (SSSR count). The largest absolute Gasteiger partial charge is 0.490 e. The molecule has 1 saturated heterocycles. The van der Waals surface area contributed by atoms with Crippen molar-refractivity contribution in [1.82, 2.24) is 19.8 Å². The smallest absolute Gasteiger partial charge is 0.484 e. The molecule has 1 aromatic carbocycles. The fourth-order valence-electron chi connectivity index (χ4n) is 2.58. The van der Waals surface area contributed by atoms with Gasteiger partial charge >= 0.3 is 12.1 Å². The van der Waals surface area contributed by atoms with E-state index in [9.17, 15) is 22.8 Å². The monoisotopic (exact) mass is 442 g/mol. The molecule has 168 valence electrons. The number of ether oxygens (including phenoxy) is 1. The van der Waals surface area contributed by atoms with Gasteiger partial charge in [-0.1, -0.05) is 18.2 Å². The molecule has 1 aromatic heterocycles. The average molecular weight is 442 g/mol. The van der Waals surface area contributed by atoms with Crippen LogP contribution in [0, 0.1) is 6.92 Å². The first kappa shape index (κ1) is 23.7. The van der Waals surface area contributed by atoms with Crippen molar-refractivity contribution >= 4 is 17.8 Å². The molecule has 31 heavy (non-hydrogen) atoms. The van der Waals surface area contributed by atoms with Gasteiger partial charge in [0.15, 0.2) is 12.4 Å². The van der Waals surface area contributed by atoms with E-state index in [1.165, 1.54) is 0 Å². The lowest BCUT2D eigenvalue weighted by Gasteiger charge is -2.34. The predicted molar refractivity (Wildman–Crippen MR) is 101 cm³/mol. The summed E-state index contributed by atoms with van der Waals surface area (Å²) in [7, 11) is 0. The Hall–Kier alpha value is -3.57. The van der Waals surface area contributed by atoms with Crippen LogP contribution in [0.2, 0.25) is 0 Å². The van der Waals surface area contributed by atoms with Gasteiger partial charge < -0.3 is 24.6 Å². The number of H-pyrrole nitrogens is 1. The van der Waals surface area contributed by atoms with Gasteiger partial charge in [0.25, 0.3) is 11.8 Å². The number of carbonyl (C=O) groups excluding carboxylic acids is 2. The van der Waals surface area contributed by atoms with Gasteiger partial charge in [-0.05, 0) is 19.1 Å². The molecule has 0 bridgehead atoms. The molecule has 2 amide bonds. The van der Waals surface area contributed by atoms with Crippen LogP contribution in [-0.4, -0.2) is 81.6 Å². The Labute approximate surface area is 175 Å². The second-order valence-electron chi connectivity index (χ2n) is 6.49. The lowest BCUT2D eigenvalue weighted by Crippen LogP contribution is -2.51. The molecule has 12 heteroatoms. The van der Waals surface area contributed by atoms with Crippen LogP contribution in [0.5, 0.6) is 5.75 Å². The second kappa shape index (κ2) is 10.5. The van der Waals surface area contributed by atoms with Gasteiger partial charge in [0.2, 0.25) is 0 Å². The molecule has 9 nitrogen and oxygen atoms in total. The summed E-state index contributed by atoms with van der Waals surface area (Å²) in [5.41, 5.74) is 0.852. The van der Waals surface area contributed by atoms with E-state index in [0.717, 1.165) is 5.69 Å². The van der Waals surface area contributed by atoms with E-state index in [1.807, 2.05) is 37.3 Å². The number of para-hydroxylation sites is 1. The van der Waals surface area contributed by atoms with Gasteiger partial charge in [-0.2, -0.15) is 13.2 Å². The SMILES string of the molecule is Cc1cnc(C(=O)N2CCN(C(=O)COc3ccccc3)CC2)[nH]1.O=C(O)C(F)(F)F. The topological polar surface area (TPSA) is 116 Å². The van der Waals surface area contributed by atoms with Crippen molar-refractivity contribution in [2.75, 3.05) is 32.8 Å². The molecule has 0 spiro atoms. The molecule has 0 radical (unpaired) electrons. The minimum atomic E-state index is -5.08.